The number of aromatic nitrogens is 2. The van der Waals surface area contributed by atoms with E-state index in [0.29, 0.717) is 0 Å². The maximum Gasteiger partial charge on any atom is 0.323 e. The molecule has 6 heteroatoms. The zero-order chi connectivity index (χ0) is 16.4. The topological polar surface area (TPSA) is 59.0 Å². The summed E-state index contributed by atoms with van der Waals surface area (Å²) in [6.07, 6.45) is 5.69. The van der Waals surface area contributed by atoms with E-state index in [4.69, 9.17) is 0 Å². The van der Waals surface area contributed by atoms with Gasteiger partial charge in [0.2, 0.25) is 0 Å². The number of para-hydroxylation sites is 1. The molecule has 1 aromatic carbocycles. The zero-order valence-electron chi connectivity index (χ0n) is 12.8. The number of urea groups is 1. The molecule has 4 rings (SSSR count). The number of hydrogen-bond donors (Lipinski definition) is 2. The molecular formula is C18H16N4OS. The summed E-state index contributed by atoms with van der Waals surface area (Å²) in [5.41, 5.74) is 3.91. The number of hydrogen-bond acceptors (Lipinski definition) is 3. The summed E-state index contributed by atoms with van der Waals surface area (Å²) in [5.74, 6) is 0.855. The minimum absolute atomic E-state index is 0.210. The highest BCUT2D eigenvalue weighted by Gasteiger charge is 2.26. The molecule has 24 heavy (non-hydrogen) atoms. The fourth-order valence-electron chi connectivity index (χ4n) is 2.79. The number of carbonyl (C=O) groups excluding carboxylic acids is 1. The van der Waals surface area contributed by atoms with E-state index in [1.165, 1.54) is 0 Å². The van der Waals surface area contributed by atoms with Gasteiger partial charge < -0.3 is 15.2 Å². The van der Waals surface area contributed by atoms with Crippen molar-refractivity contribution in [3.8, 4) is 0 Å². The molecule has 0 radical (unpaired) electrons. The first kappa shape index (κ1) is 14.8. The molecule has 120 valence electrons. The molecule has 0 fully saturated rings. The second-order valence-electron chi connectivity index (χ2n) is 5.48. The molecule has 1 aliphatic rings. The maximum atomic E-state index is 12.2. The third kappa shape index (κ3) is 2.88. The van der Waals surface area contributed by atoms with Crippen molar-refractivity contribution in [2.45, 2.75) is 11.1 Å². The Balaban J connectivity index is 1.50. The van der Waals surface area contributed by atoms with Crippen molar-refractivity contribution >= 4 is 29.2 Å². The van der Waals surface area contributed by atoms with Crippen LogP contribution in [0, 0.1) is 0 Å². The lowest BCUT2D eigenvalue weighted by atomic mass is 10.3. The molecule has 5 nitrogen and oxygen atoms in total. The number of amides is 2. The van der Waals surface area contributed by atoms with Gasteiger partial charge in [-0.1, -0.05) is 24.3 Å². The van der Waals surface area contributed by atoms with E-state index in [9.17, 15) is 4.79 Å². The Morgan fingerprint density at radius 1 is 1.12 bits per heavy atom. The lowest BCUT2D eigenvalue weighted by molar-refractivity contribution is 0.262. The zero-order valence-corrected chi connectivity index (χ0v) is 13.7. The van der Waals surface area contributed by atoms with E-state index in [-0.39, 0.29) is 11.4 Å². The van der Waals surface area contributed by atoms with E-state index >= 15 is 0 Å². The monoisotopic (exact) mass is 336 g/mol. The van der Waals surface area contributed by atoms with Crippen molar-refractivity contribution < 1.29 is 4.79 Å². The number of anilines is 2. The first-order valence-electron chi connectivity index (χ1n) is 7.65. The fourth-order valence-corrected chi connectivity index (χ4v) is 4.10. The van der Waals surface area contributed by atoms with Gasteiger partial charge in [0.05, 0.1) is 11.4 Å². The van der Waals surface area contributed by atoms with Gasteiger partial charge in [-0.3, -0.25) is 4.98 Å². The normalized spacial score (nSPS) is 15.8. The summed E-state index contributed by atoms with van der Waals surface area (Å²) >= 11 is 1.83. The van der Waals surface area contributed by atoms with Gasteiger partial charge in [0.25, 0.3) is 0 Å². The third-order valence-electron chi connectivity index (χ3n) is 3.90. The van der Waals surface area contributed by atoms with Crippen molar-refractivity contribution in [2.75, 3.05) is 10.6 Å². The van der Waals surface area contributed by atoms with Crippen molar-refractivity contribution in [1.82, 2.24) is 9.55 Å². The largest absolute Gasteiger partial charge is 0.332 e. The molecule has 2 aromatic heterocycles. The smallest absolute Gasteiger partial charge is 0.323 e. The van der Waals surface area contributed by atoms with Gasteiger partial charge in [0, 0.05) is 35.6 Å². The number of pyridine rings is 1. The van der Waals surface area contributed by atoms with Crippen LogP contribution >= 0.6 is 11.8 Å². The SMILES string of the molecule is O=C(Nc1ccccc1)Nc1ccn2c1CSC2c1cccnc1. The minimum atomic E-state index is -0.231. The van der Waals surface area contributed by atoms with Crippen LogP contribution in [0.5, 0.6) is 0 Å². The number of carbonyl (C=O) groups is 1. The van der Waals surface area contributed by atoms with Gasteiger partial charge in [-0.15, -0.1) is 11.8 Å². The van der Waals surface area contributed by atoms with Crippen LogP contribution in [0.4, 0.5) is 16.2 Å². The standard InChI is InChI=1S/C18H16N4OS/c23-18(20-14-6-2-1-3-7-14)21-15-8-10-22-16(15)12-24-17(22)13-5-4-9-19-11-13/h1-11,17H,12H2,(H2,20,21,23). The Morgan fingerprint density at radius 2 is 2.00 bits per heavy atom. The molecule has 0 spiro atoms. The van der Waals surface area contributed by atoms with E-state index in [2.05, 4.69) is 26.3 Å². The lowest BCUT2D eigenvalue weighted by Gasteiger charge is -2.12. The van der Waals surface area contributed by atoms with E-state index < -0.39 is 0 Å². The summed E-state index contributed by atoms with van der Waals surface area (Å²) in [6, 6.07) is 15.2. The van der Waals surface area contributed by atoms with Crippen LogP contribution in [-0.2, 0) is 5.75 Å². The van der Waals surface area contributed by atoms with Crippen molar-refractivity contribution in [2.24, 2.45) is 0 Å². The maximum absolute atomic E-state index is 12.2. The summed E-state index contributed by atoms with van der Waals surface area (Å²) in [7, 11) is 0. The molecule has 0 aliphatic carbocycles. The number of thioether (sulfide) groups is 1. The van der Waals surface area contributed by atoms with Gasteiger partial charge in [-0.2, -0.15) is 0 Å². The third-order valence-corrected chi connectivity index (χ3v) is 5.16. The average Bonchev–Trinajstić information content (AvgIpc) is 3.20. The van der Waals surface area contributed by atoms with E-state index in [1.54, 1.807) is 6.20 Å². The van der Waals surface area contributed by atoms with Crippen LogP contribution in [0.2, 0.25) is 0 Å². The molecule has 0 saturated heterocycles. The van der Waals surface area contributed by atoms with Crippen LogP contribution < -0.4 is 10.6 Å². The molecule has 1 unspecified atom stereocenters. The highest BCUT2D eigenvalue weighted by Crippen LogP contribution is 2.43. The average molecular weight is 336 g/mol. The number of nitrogens with one attached hydrogen (secondary N) is 2. The van der Waals surface area contributed by atoms with Crippen LogP contribution in [-0.4, -0.2) is 15.6 Å². The van der Waals surface area contributed by atoms with Crippen LogP contribution in [0.15, 0.2) is 67.1 Å². The van der Waals surface area contributed by atoms with Crippen molar-refractivity contribution in [3.63, 3.8) is 0 Å². The summed E-state index contributed by atoms with van der Waals surface area (Å²) < 4.78 is 2.19. The van der Waals surface area contributed by atoms with Crippen LogP contribution in [0.3, 0.4) is 0 Å². The van der Waals surface area contributed by atoms with Gasteiger partial charge in [0.1, 0.15) is 5.37 Å². The molecule has 2 N–H and O–H groups in total. The van der Waals surface area contributed by atoms with Gasteiger partial charge >= 0.3 is 6.03 Å². The molecule has 3 aromatic rings. The predicted octanol–water partition coefficient (Wildman–Crippen LogP) is 4.32. The Kier molecular flexibility index (Phi) is 3.96. The second-order valence-corrected chi connectivity index (χ2v) is 6.55. The molecule has 1 atom stereocenters. The molecule has 0 bridgehead atoms. The number of benzene rings is 1. The molecule has 1 aliphatic heterocycles. The lowest BCUT2D eigenvalue weighted by Crippen LogP contribution is -2.19. The minimum Gasteiger partial charge on any atom is -0.332 e. The van der Waals surface area contributed by atoms with Crippen molar-refractivity contribution in [1.29, 1.82) is 0 Å². The second kappa shape index (κ2) is 6.41. The number of rotatable bonds is 3. The van der Waals surface area contributed by atoms with Gasteiger partial charge in [-0.05, 0) is 24.3 Å². The Hall–Kier alpha value is -2.73. The highest BCUT2D eigenvalue weighted by atomic mass is 32.2. The van der Waals surface area contributed by atoms with Crippen LogP contribution in [0.1, 0.15) is 16.6 Å². The Bertz CT molecular complexity index is 848. The molecule has 3 heterocycles. The first-order chi connectivity index (χ1) is 11.8. The molecule has 0 saturated carbocycles. The quantitative estimate of drug-likeness (QED) is 0.749. The van der Waals surface area contributed by atoms with Gasteiger partial charge in [0.15, 0.2) is 0 Å². The molecule has 2 amide bonds. The fraction of sp³-hybridized carbons (Fsp3) is 0.111. The van der Waals surface area contributed by atoms with Crippen LogP contribution in [0.25, 0.3) is 0 Å². The summed E-state index contributed by atoms with van der Waals surface area (Å²) in [4.78, 5) is 16.4. The Labute approximate surface area is 144 Å². The summed E-state index contributed by atoms with van der Waals surface area (Å²) in [6.45, 7) is 0. The van der Waals surface area contributed by atoms with E-state index in [1.807, 2.05) is 66.6 Å². The first-order valence-corrected chi connectivity index (χ1v) is 8.70. The van der Waals surface area contributed by atoms with Crippen molar-refractivity contribution in [3.05, 3.63) is 78.4 Å². The number of fused-ring (bicyclic) bond motifs is 1. The predicted molar refractivity (Wildman–Crippen MR) is 97.2 cm³/mol. The highest BCUT2D eigenvalue weighted by molar-refractivity contribution is 7.99. The molecular weight excluding hydrogens is 320 g/mol. The summed E-state index contributed by atoms with van der Waals surface area (Å²) in [5, 5.41) is 5.99. The number of nitrogens with zero attached hydrogens (tertiary/aromatic N) is 2. The Morgan fingerprint density at radius 3 is 2.79 bits per heavy atom. The van der Waals surface area contributed by atoms with E-state index in [0.717, 1.165) is 28.4 Å². The van der Waals surface area contributed by atoms with Gasteiger partial charge in [-0.25, -0.2) is 4.79 Å².